The van der Waals surface area contributed by atoms with Crippen LogP contribution < -0.4 is 5.32 Å². The summed E-state index contributed by atoms with van der Waals surface area (Å²) >= 11 is 0. The molecule has 180 valence electrons. The fourth-order valence-corrected chi connectivity index (χ4v) is 4.22. The highest BCUT2D eigenvalue weighted by Crippen LogP contribution is 2.41. The Hall–Kier alpha value is -2.97. The van der Waals surface area contributed by atoms with E-state index in [4.69, 9.17) is 0 Å². The Bertz CT molecular complexity index is 1240. The Morgan fingerprint density at radius 2 is 1.94 bits per heavy atom. The number of aliphatic hydroxyl groups excluding tert-OH is 1. The smallest absolute Gasteiger partial charge is 0.303 e. The molecule has 0 spiro atoms. The van der Waals surface area contributed by atoms with Gasteiger partial charge in [0.2, 0.25) is 0 Å². The summed E-state index contributed by atoms with van der Waals surface area (Å²) in [6.45, 7) is 3.58. The minimum Gasteiger partial charge on any atom is -0.393 e. The summed E-state index contributed by atoms with van der Waals surface area (Å²) in [6, 6.07) is 8.90. The van der Waals surface area contributed by atoms with E-state index in [1.807, 2.05) is 24.3 Å². The Labute approximate surface area is 196 Å². The molecule has 0 aliphatic heterocycles. The number of anilines is 1. The minimum absolute atomic E-state index is 0.0477. The van der Waals surface area contributed by atoms with Gasteiger partial charge in [-0.1, -0.05) is 24.3 Å². The van der Waals surface area contributed by atoms with E-state index in [0.29, 0.717) is 24.0 Å². The Balaban J connectivity index is 1.68. The monoisotopic (exact) mass is 471 g/mol. The molecule has 0 radical (unpaired) electrons. The zero-order valence-corrected chi connectivity index (χ0v) is 19.3. The van der Waals surface area contributed by atoms with Crippen LogP contribution in [0.25, 0.3) is 16.5 Å². The molecule has 34 heavy (non-hydrogen) atoms. The van der Waals surface area contributed by atoms with Gasteiger partial charge in [0.05, 0.1) is 35.1 Å². The van der Waals surface area contributed by atoms with Gasteiger partial charge in [0.15, 0.2) is 0 Å². The predicted molar refractivity (Wildman–Crippen MR) is 126 cm³/mol. The van der Waals surface area contributed by atoms with Gasteiger partial charge in [0, 0.05) is 10.9 Å². The molecule has 2 aromatic carbocycles. The van der Waals surface area contributed by atoms with Crippen molar-refractivity contribution in [1.82, 2.24) is 10.2 Å². The second kappa shape index (κ2) is 9.00. The molecule has 4 rings (SSSR count). The maximum atomic E-state index is 15.2. The highest BCUT2D eigenvalue weighted by atomic mass is 19.3. The van der Waals surface area contributed by atoms with Crippen LogP contribution >= 0.6 is 0 Å². The van der Waals surface area contributed by atoms with E-state index in [9.17, 15) is 19.0 Å². The average Bonchev–Trinajstić information content (AvgIpc) is 2.79. The van der Waals surface area contributed by atoms with Crippen molar-refractivity contribution in [3.63, 3.8) is 0 Å². The normalized spacial score (nSPS) is 18.0. The number of nitrogens with one attached hydrogen (secondary N) is 1. The number of rotatable bonds is 6. The van der Waals surface area contributed by atoms with Crippen molar-refractivity contribution in [2.24, 2.45) is 0 Å². The number of allylic oxidation sites excluding steroid dienone is 1. The largest absolute Gasteiger partial charge is 0.393 e. The fraction of sp³-hybridized carbons (Fsp3) is 0.385. The Morgan fingerprint density at radius 3 is 2.62 bits per heavy atom. The summed E-state index contributed by atoms with van der Waals surface area (Å²) in [6.07, 6.45) is 5.30. The number of fused-ring (bicyclic) bond motifs is 1. The third-order valence-electron chi connectivity index (χ3n) is 6.37. The number of aliphatic hydroxyl groups is 2. The van der Waals surface area contributed by atoms with E-state index in [-0.39, 0.29) is 11.7 Å². The zero-order chi connectivity index (χ0) is 24.7. The van der Waals surface area contributed by atoms with E-state index >= 15 is 4.39 Å². The first-order chi connectivity index (χ1) is 16.0. The van der Waals surface area contributed by atoms with Gasteiger partial charge in [0.1, 0.15) is 11.4 Å². The summed E-state index contributed by atoms with van der Waals surface area (Å²) in [7, 11) is 0. The van der Waals surface area contributed by atoms with Crippen LogP contribution in [0.4, 0.5) is 18.9 Å². The van der Waals surface area contributed by atoms with Gasteiger partial charge in [-0.15, -0.1) is 0 Å². The molecule has 8 heteroatoms. The second-order valence-electron chi connectivity index (χ2n) is 9.36. The lowest BCUT2D eigenvalue weighted by atomic mass is 9.90. The lowest BCUT2D eigenvalue weighted by Crippen LogP contribution is -2.41. The number of hydrogen-bond donors (Lipinski definition) is 3. The van der Waals surface area contributed by atoms with Crippen LogP contribution in [0.5, 0.6) is 0 Å². The van der Waals surface area contributed by atoms with Gasteiger partial charge in [0.25, 0.3) is 0 Å². The van der Waals surface area contributed by atoms with Crippen molar-refractivity contribution in [2.45, 2.75) is 63.7 Å². The maximum absolute atomic E-state index is 15.2. The van der Waals surface area contributed by atoms with Crippen molar-refractivity contribution in [2.75, 3.05) is 5.32 Å². The number of benzene rings is 2. The maximum Gasteiger partial charge on any atom is 0.303 e. The molecule has 3 aromatic rings. The molecule has 1 unspecified atom stereocenters. The SMILES string of the molecule is C[C@@H](Nc1cnnc2ccc(C3=CCC(O)CC3)cc12)c1cccc(C(F)(F)C(C)(C)O)c1F. The average molecular weight is 472 g/mol. The molecule has 0 saturated carbocycles. The van der Waals surface area contributed by atoms with Crippen LogP contribution in [-0.2, 0) is 5.92 Å². The third-order valence-corrected chi connectivity index (χ3v) is 6.37. The first-order valence-corrected chi connectivity index (χ1v) is 11.3. The van der Waals surface area contributed by atoms with Crippen molar-refractivity contribution < 1.29 is 23.4 Å². The molecule has 1 aliphatic carbocycles. The van der Waals surface area contributed by atoms with Crippen LogP contribution in [0.2, 0.25) is 0 Å². The van der Waals surface area contributed by atoms with E-state index in [0.717, 1.165) is 42.9 Å². The topological polar surface area (TPSA) is 78.3 Å². The van der Waals surface area contributed by atoms with Crippen LogP contribution in [0.15, 0.2) is 48.7 Å². The number of hydrogen-bond acceptors (Lipinski definition) is 5. The minimum atomic E-state index is -3.77. The molecular weight excluding hydrogens is 443 g/mol. The quantitative estimate of drug-likeness (QED) is 0.428. The lowest BCUT2D eigenvalue weighted by molar-refractivity contribution is -0.170. The molecule has 2 atom stereocenters. The second-order valence-corrected chi connectivity index (χ2v) is 9.36. The van der Waals surface area contributed by atoms with Gasteiger partial charge in [-0.2, -0.15) is 19.0 Å². The zero-order valence-electron chi connectivity index (χ0n) is 19.3. The molecule has 1 heterocycles. The van der Waals surface area contributed by atoms with Crippen LogP contribution in [0.3, 0.4) is 0 Å². The molecule has 1 aliphatic rings. The fourth-order valence-electron chi connectivity index (χ4n) is 4.22. The number of nitrogens with zero attached hydrogens (tertiary/aromatic N) is 2. The molecule has 0 fully saturated rings. The molecule has 0 saturated heterocycles. The summed E-state index contributed by atoms with van der Waals surface area (Å²) in [5.74, 6) is -4.83. The number of alkyl halides is 2. The first kappa shape index (κ1) is 24.2. The number of aromatic nitrogens is 2. The van der Waals surface area contributed by atoms with Gasteiger partial charge in [-0.05, 0) is 69.4 Å². The van der Waals surface area contributed by atoms with Crippen LogP contribution in [0, 0.1) is 5.82 Å². The van der Waals surface area contributed by atoms with Gasteiger partial charge in [-0.3, -0.25) is 0 Å². The number of halogens is 3. The molecule has 1 aromatic heterocycles. The van der Waals surface area contributed by atoms with Crippen LogP contribution in [0.1, 0.15) is 62.8 Å². The molecule has 3 N–H and O–H groups in total. The van der Waals surface area contributed by atoms with E-state index in [1.165, 1.54) is 18.3 Å². The first-order valence-electron chi connectivity index (χ1n) is 11.3. The highest BCUT2D eigenvalue weighted by Gasteiger charge is 2.49. The van der Waals surface area contributed by atoms with Gasteiger partial charge < -0.3 is 15.5 Å². The Kier molecular flexibility index (Phi) is 6.40. The van der Waals surface area contributed by atoms with Crippen molar-refractivity contribution in [3.05, 3.63) is 71.2 Å². The van der Waals surface area contributed by atoms with Crippen molar-refractivity contribution in [3.8, 4) is 0 Å². The van der Waals surface area contributed by atoms with Gasteiger partial charge >= 0.3 is 5.92 Å². The lowest BCUT2D eigenvalue weighted by Gasteiger charge is -2.30. The van der Waals surface area contributed by atoms with Crippen molar-refractivity contribution in [1.29, 1.82) is 0 Å². The predicted octanol–water partition coefficient (Wildman–Crippen LogP) is 5.73. The molecule has 5 nitrogen and oxygen atoms in total. The molecular formula is C26H28F3N3O2. The van der Waals surface area contributed by atoms with E-state index in [1.54, 1.807) is 6.92 Å². The summed E-state index contributed by atoms with van der Waals surface area (Å²) in [4.78, 5) is 0. The van der Waals surface area contributed by atoms with E-state index < -0.39 is 28.9 Å². The van der Waals surface area contributed by atoms with Crippen LogP contribution in [-0.4, -0.2) is 32.1 Å². The van der Waals surface area contributed by atoms with Crippen molar-refractivity contribution >= 4 is 22.2 Å². The summed E-state index contributed by atoms with van der Waals surface area (Å²) in [5.41, 5.74) is 0.144. The standard InChI is InChI=1S/C26H28F3N3O2/c1-15(19-5-4-6-21(24(19)27)26(28,29)25(2,3)34)31-23-14-30-32-22-12-9-17(13-20(22)23)16-7-10-18(33)11-8-16/h4-7,9,12-15,18,33-34H,8,10-11H2,1-3H3,(H,31,32)/t15-,18?/m1/s1. The third kappa shape index (κ3) is 4.52. The summed E-state index contributed by atoms with van der Waals surface area (Å²) < 4.78 is 44.6. The Morgan fingerprint density at radius 1 is 1.18 bits per heavy atom. The highest BCUT2D eigenvalue weighted by molar-refractivity contribution is 5.93. The van der Waals surface area contributed by atoms with Gasteiger partial charge in [-0.25, -0.2) is 4.39 Å². The molecule has 0 bridgehead atoms. The molecule has 0 amide bonds. The summed E-state index contributed by atoms with van der Waals surface area (Å²) in [5, 5.41) is 31.8. The van der Waals surface area contributed by atoms with E-state index in [2.05, 4.69) is 15.5 Å².